The van der Waals surface area contributed by atoms with Gasteiger partial charge in [0.15, 0.2) is 0 Å². The van der Waals surface area contributed by atoms with Crippen LogP contribution in [0.15, 0.2) is 22.8 Å². The van der Waals surface area contributed by atoms with Gasteiger partial charge in [-0.25, -0.2) is 4.98 Å². The number of rotatable bonds is 3. The van der Waals surface area contributed by atoms with Crippen LogP contribution in [-0.2, 0) is 9.53 Å². The zero-order valence-corrected chi connectivity index (χ0v) is 12.9. The van der Waals surface area contributed by atoms with Crippen LogP contribution in [0.25, 0.3) is 0 Å². The van der Waals surface area contributed by atoms with Crippen LogP contribution in [0, 0.1) is 5.92 Å². The van der Waals surface area contributed by atoms with Crippen molar-refractivity contribution in [1.82, 2.24) is 4.98 Å². The molecule has 0 spiro atoms. The average Bonchev–Trinajstić information content (AvgIpc) is 2.46. The summed E-state index contributed by atoms with van der Waals surface area (Å²) in [5, 5.41) is 0. The van der Waals surface area contributed by atoms with E-state index in [4.69, 9.17) is 4.74 Å². The maximum atomic E-state index is 12.5. The Bertz CT molecular complexity index is 453. The summed E-state index contributed by atoms with van der Waals surface area (Å²) >= 11 is 3.43. The van der Waals surface area contributed by atoms with Crippen molar-refractivity contribution >= 4 is 27.7 Å². The van der Waals surface area contributed by atoms with Crippen LogP contribution in [0.3, 0.4) is 0 Å². The first-order valence-corrected chi connectivity index (χ1v) is 7.42. The molecule has 0 bridgehead atoms. The summed E-state index contributed by atoms with van der Waals surface area (Å²) in [5.74, 6) is 0.839. The Balaban J connectivity index is 2.09. The minimum atomic E-state index is 0.0395. The van der Waals surface area contributed by atoms with Crippen LogP contribution in [0.1, 0.15) is 26.2 Å². The van der Waals surface area contributed by atoms with Crippen molar-refractivity contribution in [3.05, 3.63) is 22.8 Å². The third-order valence-electron chi connectivity index (χ3n) is 3.56. The molecule has 4 nitrogen and oxygen atoms in total. The molecule has 1 fully saturated rings. The van der Waals surface area contributed by atoms with Crippen molar-refractivity contribution in [2.24, 2.45) is 5.92 Å². The van der Waals surface area contributed by atoms with Gasteiger partial charge in [-0.05, 0) is 47.3 Å². The molecule has 5 heteroatoms. The summed E-state index contributed by atoms with van der Waals surface area (Å²) < 4.78 is 6.46. The monoisotopic (exact) mass is 326 g/mol. The Morgan fingerprint density at radius 1 is 1.63 bits per heavy atom. The molecular weight excluding hydrogens is 308 g/mol. The Hall–Kier alpha value is -0.940. The molecule has 19 heavy (non-hydrogen) atoms. The van der Waals surface area contributed by atoms with Crippen molar-refractivity contribution in [3.63, 3.8) is 0 Å². The van der Waals surface area contributed by atoms with Gasteiger partial charge in [0.25, 0.3) is 0 Å². The molecule has 0 unspecified atom stereocenters. The first-order valence-electron chi connectivity index (χ1n) is 6.63. The van der Waals surface area contributed by atoms with Crippen LogP contribution in [0.5, 0.6) is 0 Å². The molecule has 0 saturated carbocycles. The number of halogens is 1. The zero-order valence-electron chi connectivity index (χ0n) is 11.3. The predicted molar refractivity (Wildman–Crippen MR) is 78.1 cm³/mol. The maximum Gasteiger partial charge on any atom is 0.231 e. The van der Waals surface area contributed by atoms with E-state index in [-0.39, 0.29) is 17.9 Å². The third-order valence-corrected chi connectivity index (χ3v) is 4.18. The van der Waals surface area contributed by atoms with E-state index < -0.39 is 0 Å². The van der Waals surface area contributed by atoms with Crippen LogP contribution in [0.4, 0.5) is 5.82 Å². The highest BCUT2D eigenvalue weighted by Gasteiger charge is 2.30. The fourth-order valence-electron chi connectivity index (χ4n) is 2.39. The van der Waals surface area contributed by atoms with E-state index in [0.29, 0.717) is 12.4 Å². The van der Waals surface area contributed by atoms with Gasteiger partial charge in [-0.1, -0.05) is 6.92 Å². The first-order chi connectivity index (χ1) is 9.13. The lowest BCUT2D eigenvalue weighted by atomic mass is 9.93. The van der Waals surface area contributed by atoms with Gasteiger partial charge in [-0.3, -0.25) is 9.69 Å². The van der Waals surface area contributed by atoms with Crippen molar-refractivity contribution in [2.45, 2.75) is 32.3 Å². The molecule has 0 radical (unpaired) electrons. The molecule has 1 saturated heterocycles. The summed E-state index contributed by atoms with van der Waals surface area (Å²) in [6.45, 7) is 2.77. The quantitative estimate of drug-likeness (QED) is 0.857. The zero-order chi connectivity index (χ0) is 13.8. The molecule has 2 rings (SSSR count). The second kappa shape index (κ2) is 6.48. The number of pyridine rings is 1. The molecule has 104 valence electrons. The SMILES string of the molecule is CC[C@H]1C[C@@H](C(=O)N(C)c2ncccc2Br)CCO1. The number of hydrogen-bond acceptors (Lipinski definition) is 3. The molecule has 0 aliphatic carbocycles. The molecular formula is C14H19BrN2O2. The largest absolute Gasteiger partial charge is 0.378 e. The lowest BCUT2D eigenvalue weighted by molar-refractivity contribution is -0.127. The van der Waals surface area contributed by atoms with Crippen LogP contribution < -0.4 is 4.90 Å². The smallest absolute Gasteiger partial charge is 0.231 e. The molecule has 1 amide bonds. The minimum Gasteiger partial charge on any atom is -0.378 e. The van der Waals surface area contributed by atoms with Crippen molar-refractivity contribution in [1.29, 1.82) is 0 Å². The van der Waals surface area contributed by atoms with Gasteiger partial charge >= 0.3 is 0 Å². The van der Waals surface area contributed by atoms with Crippen LogP contribution >= 0.6 is 15.9 Å². The molecule has 1 aromatic heterocycles. The standard InChI is InChI=1S/C14H19BrN2O2/c1-3-11-9-10(6-8-19-11)14(18)17(2)13-12(15)5-4-7-16-13/h4-5,7,10-11H,3,6,8-9H2,1-2H3/t10-,11-/m0/s1. The Labute approximate surface area is 122 Å². The fraction of sp³-hybridized carbons (Fsp3) is 0.571. The van der Waals surface area contributed by atoms with Gasteiger partial charge in [-0.15, -0.1) is 0 Å². The fourth-order valence-corrected chi connectivity index (χ4v) is 2.91. The number of carbonyl (C=O) groups is 1. The maximum absolute atomic E-state index is 12.5. The Morgan fingerprint density at radius 3 is 3.11 bits per heavy atom. The number of amides is 1. The molecule has 0 N–H and O–H groups in total. The lowest BCUT2D eigenvalue weighted by Crippen LogP contribution is -2.38. The first kappa shape index (κ1) is 14.5. The summed E-state index contributed by atoms with van der Waals surface area (Å²) in [5.41, 5.74) is 0. The number of nitrogens with zero attached hydrogens (tertiary/aromatic N) is 2. The normalized spacial score (nSPS) is 23.1. The summed E-state index contributed by atoms with van der Waals surface area (Å²) in [6, 6.07) is 3.73. The van der Waals surface area contributed by atoms with Gasteiger partial charge in [0.1, 0.15) is 5.82 Å². The van der Waals surface area contributed by atoms with Gasteiger partial charge in [0.05, 0.1) is 10.6 Å². The Kier molecular flexibility index (Phi) is 4.93. The van der Waals surface area contributed by atoms with Crippen LogP contribution in [0.2, 0.25) is 0 Å². The molecule has 2 atom stereocenters. The summed E-state index contributed by atoms with van der Waals surface area (Å²) in [6.07, 6.45) is 4.47. The number of hydrogen-bond donors (Lipinski definition) is 0. The van der Waals surface area contributed by atoms with E-state index in [9.17, 15) is 4.79 Å². The number of carbonyl (C=O) groups excluding carboxylic acids is 1. The number of aromatic nitrogens is 1. The topological polar surface area (TPSA) is 42.4 Å². The highest BCUT2D eigenvalue weighted by molar-refractivity contribution is 9.10. The van der Waals surface area contributed by atoms with E-state index in [1.807, 2.05) is 12.1 Å². The van der Waals surface area contributed by atoms with E-state index >= 15 is 0 Å². The molecule has 0 aromatic carbocycles. The van der Waals surface area contributed by atoms with E-state index in [0.717, 1.165) is 23.7 Å². The number of anilines is 1. The minimum absolute atomic E-state index is 0.0395. The van der Waals surface area contributed by atoms with E-state index in [2.05, 4.69) is 27.8 Å². The van der Waals surface area contributed by atoms with Crippen molar-refractivity contribution in [3.8, 4) is 0 Å². The number of ether oxygens (including phenoxy) is 1. The predicted octanol–water partition coefficient (Wildman–Crippen LogP) is 3.01. The van der Waals surface area contributed by atoms with Gasteiger partial charge in [-0.2, -0.15) is 0 Å². The second-order valence-corrected chi connectivity index (χ2v) is 5.68. The Morgan fingerprint density at radius 2 is 2.42 bits per heavy atom. The average molecular weight is 327 g/mol. The summed E-state index contributed by atoms with van der Waals surface area (Å²) in [7, 11) is 1.78. The molecule has 1 aliphatic rings. The highest BCUT2D eigenvalue weighted by Crippen LogP contribution is 2.28. The third kappa shape index (κ3) is 3.34. The highest BCUT2D eigenvalue weighted by atomic mass is 79.9. The molecule has 2 heterocycles. The van der Waals surface area contributed by atoms with Gasteiger partial charge < -0.3 is 4.74 Å². The van der Waals surface area contributed by atoms with Crippen LogP contribution in [-0.4, -0.2) is 30.6 Å². The molecule has 1 aromatic rings. The van der Waals surface area contributed by atoms with Gasteiger partial charge in [0, 0.05) is 25.8 Å². The molecule has 1 aliphatic heterocycles. The van der Waals surface area contributed by atoms with E-state index in [1.165, 1.54) is 0 Å². The summed E-state index contributed by atoms with van der Waals surface area (Å²) in [4.78, 5) is 18.4. The van der Waals surface area contributed by atoms with Gasteiger partial charge in [0.2, 0.25) is 5.91 Å². The van der Waals surface area contributed by atoms with Crippen molar-refractivity contribution < 1.29 is 9.53 Å². The van der Waals surface area contributed by atoms with E-state index in [1.54, 1.807) is 18.1 Å². The lowest BCUT2D eigenvalue weighted by Gasteiger charge is -2.30. The second-order valence-electron chi connectivity index (χ2n) is 4.83. The van der Waals surface area contributed by atoms with Crippen molar-refractivity contribution in [2.75, 3.05) is 18.6 Å².